The van der Waals surface area contributed by atoms with E-state index in [-0.39, 0.29) is 0 Å². The number of hydrogen-bond acceptors (Lipinski definition) is 4. The van der Waals surface area contributed by atoms with E-state index < -0.39 is 0 Å². The Kier molecular flexibility index (Phi) is 2.12. The standard InChI is InChI=1S/C9H11N3O/c1-13-9-4-2-3-8(11-9)12-6-5-10-7-12/h2-4,7H,5-6H2,1H3. The summed E-state index contributed by atoms with van der Waals surface area (Å²) in [7, 11) is 1.62. The van der Waals surface area contributed by atoms with Crippen LogP contribution in [0.2, 0.25) is 0 Å². The van der Waals surface area contributed by atoms with Gasteiger partial charge >= 0.3 is 0 Å². The van der Waals surface area contributed by atoms with Gasteiger partial charge in [-0.1, -0.05) is 6.07 Å². The largest absolute Gasteiger partial charge is 0.481 e. The van der Waals surface area contributed by atoms with Crippen molar-refractivity contribution in [1.29, 1.82) is 0 Å². The van der Waals surface area contributed by atoms with Crippen molar-refractivity contribution in [1.82, 2.24) is 4.98 Å². The first-order chi connectivity index (χ1) is 6.40. The van der Waals surface area contributed by atoms with Gasteiger partial charge in [-0.25, -0.2) is 0 Å². The maximum atomic E-state index is 5.03. The number of hydrogen-bond donors (Lipinski definition) is 0. The third-order valence-corrected chi connectivity index (χ3v) is 1.90. The summed E-state index contributed by atoms with van der Waals surface area (Å²) >= 11 is 0. The molecule has 0 saturated heterocycles. The quantitative estimate of drug-likeness (QED) is 0.674. The molecule has 1 aromatic heterocycles. The van der Waals surface area contributed by atoms with Gasteiger partial charge in [0.2, 0.25) is 5.88 Å². The van der Waals surface area contributed by atoms with Crippen molar-refractivity contribution in [3.63, 3.8) is 0 Å². The lowest BCUT2D eigenvalue weighted by atomic mass is 10.4. The lowest BCUT2D eigenvalue weighted by molar-refractivity contribution is 0.398. The second kappa shape index (κ2) is 3.43. The second-order valence-corrected chi connectivity index (χ2v) is 2.75. The molecule has 0 fully saturated rings. The van der Waals surface area contributed by atoms with E-state index in [1.165, 1.54) is 0 Å². The molecule has 0 aromatic carbocycles. The zero-order valence-corrected chi connectivity index (χ0v) is 7.47. The molecule has 4 heteroatoms. The van der Waals surface area contributed by atoms with Gasteiger partial charge in [0, 0.05) is 12.6 Å². The van der Waals surface area contributed by atoms with Crippen LogP contribution in [-0.4, -0.2) is 31.5 Å². The fourth-order valence-corrected chi connectivity index (χ4v) is 1.23. The maximum absolute atomic E-state index is 5.03. The fraction of sp³-hybridized carbons (Fsp3) is 0.333. The Hall–Kier alpha value is -1.58. The summed E-state index contributed by atoms with van der Waals surface area (Å²) in [5.74, 6) is 1.53. The van der Waals surface area contributed by atoms with Crippen LogP contribution >= 0.6 is 0 Å². The zero-order valence-electron chi connectivity index (χ0n) is 7.47. The molecule has 2 heterocycles. The highest BCUT2D eigenvalue weighted by Crippen LogP contribution is 2.15. The molecule has 0 spiro atoms. The molecule has 0 atom stereocenters. The Bertz CT molecular complexity index is 324. The molecule has 68 valence electrons. The third kappa shape index (κ3) is 1.61. The average molecular weight is 177 g/mol. The van der Waals surface area contributed by atoms with Crippen molar-refractivity contribution in [3.8, 4) is 5.88 Å². The number of aliphatic imine (C=N–C) groups is 1. The van der Waals surface area contributed by atoms with E-state index in [1.54, 1.807) is 7.11 Å². The molecule has 0 aliphatic carbocycles. The van der Waals surface area contributed by atoms with Crippen LogP contribution in [0, 0.1) is 0 Å². The summed E-state index contributed by atoms with van der Waals surface area (Å²) in [5, 5.41) is 0. The van der Waals surface area contributed by atoms with Crippen LogP contribution in [-0.2, 0) is 0 Å². The number of pyridine rings is 1. The molecular weight excluding hydrogens is 166 g/mol. The Morgan fingerprint density at radius 2 is 2.38 bits per heavy atom. The number of nitrogens with zero attached hydrogens (tertiary/aromatic N) is 3. The summed E-state index contributed by atoms with van der Waals surface area (Å²) < 4.78 is 5.03. The second-order valence-electron chi connectivity index (χ2n) is 2.75. The first kappa shape index (κ1) is 8.04. The van der Waals surface area contributed by atoms with E-state index in [1.807, 2.05) is 29.4 Å². The highest BCUT2D eigenvalue weighted by molar-refractivity contribution is 5.79. The predicted molar refractivity (Wildman–Crippen MR) is 51.5 cm³/mol. The summed E-state index contributed by atoms with van der Waals surface area (Å²) in [5.41, 5.74) is 0. The third-order valence-electron chi connectivity index (χ3n) is 1.90. The maximum Gasteiger partial charge on any atom is 0.214 e. The predicted octanol–water partition coefficient (Wildman–Crippen LogP) is 0.938. The lowest BCUT2D eigenvalue weighted by Crippen LogP contribution is -2.19. The lowest BCUT2D eigenvalue weighted by Gasteiger charge is -2.12. The molecule has 0 amide bonds. The minimum Gasteiger partial charge on any atom is -0.481 e. The minimum atomic E-state index is 0.637. The van der Waals surface area contributed by atoms with Gasteiger partial charge in [-0.15, -0.1) is 0 Å². The number of methoxy groups -OCH3 is 1. The fourth-order valence-electron chi connectivity index (χ4n) is 1.23. The van der Waals surface area contributed by atoms with Crippen molar-refractivity contribution in [2.45, 2.75) is 0 Å². The topological polar surface area (TPSA) is 37.7 Å². The summed E-state index contributed by atoms with van der Waals surface area (Å²) in [6, 6.07) is 5.70. The smallest absolute Gasteiger partial charge is 0.214 e. The Morgan fingerprint density at radius 1 is 1.46 bits per heavy atom. The Labute approximate surface area is 76.9 Å². The van der Waals surface area contributed by atoms with Crippen molar-refractivity contribution in [2.75, 3.05) is 25.1 Å². The van der Waals surface area contributed by atoms with Gasteiger partial charge in [-0.05, 0) is 6.07 Å². The van der Waals surface area contributed by atoms with E-state index in [0.29, 0.717) is 5.88 Å². The summed E-state index contributed by atoms with van der Waals surface area (Å²) in [6.07, 6.45) is 1.81. The monoisotopic (exact) mass is 177 g/mol. The first-order valence-corrected chi connectivity index (χ1v) is 4.18. The summed E-state index contributed by atoms with van der Waals surface area (Å²) in [4.78, 5) is 10.4. The molecule has 1 aliphatic rings. The zero-order chi connectivity index (χ0) is 9.10. The van der Waals surface area contributed by atoms with Crippen LogP contribution in [0.25, 0.3) is 0 Å². The highest BCUT2D eigenvalue weighted by atomic mass is 16.5. The van der Waals surface area contributed by atoms with Crippen LogP contribution in [0.15, 0.2) is 23.2 Å². The molecule has 1 aliphatic heterocycles. The van der Waals surface area contributed by atoms with E-state index >= 15 is 0 Å². The first-order valence-electron chi connectivity index (χ1n) is 4.18. The van der Waals surface area contributed by atoms with Crippen LogP contribution in [0.5, 0.6) is 5.88 Å². The van der Waals surface area contributed by atoms with E-state index in [0.717, 1.165) is 18.9 Å². The number of ether oxygens (including phenoxy) is 1. The molecule has 13 heavy (non-hydrogen) atoms. The van der Waals surface area contributed by atoms with Gasteiger partial charge in [0.05, 0.1) is 20.0 Å². The normalized spacial score (nSPS) is 15.0. The van der Waals surface area contributed by atoms with Gasteiger partial charge in [0.15, 0.2) is 0 Å². The molecule has 1 aromatic rings. The molecular formula is C9H11N3O. The Balaban J connectivity index is 2.24. The minimum absolute atomic E-state index is 0.637. The average Bonchev–Trinajstić information content (AvgIpc) is 2.71. The van der Waals surface area contributed by atoms with Crippen LogP contribution in [0.3, 0.4) is 0 Å². The van der Waals surface area contributed by atoms with Gasteiger partial charge in [0.1, 0.15) is 5.82 Å². The Morgan fingerprint density at radius 3 is 3.08 bits per heavy atom. The number of anilines is 1. The van der Waals surface area contributed by atoms with Gasteiger partial charge in [-0.3, -0.25) is 4.99 Å². The van der Waals surface area contributed by atoms with Crippen LogP contribution in [0.1, 0.15) is 0 Å². The molecule has 2 rings (SSSR count). The van der Waals surface area contributed by atoms with Gasteiger partial charge < -0.3 is 9.64 Å². The molecule has 4 nitrogen and oxygen atoms in total. The number of rotatable bonds is 2. The molecule has 0 unspecified atom stereocenters. The van der Waals surface area contributed by atoms with Crippen molar-refractivity contribution < 1.29 is 4.74 Å². The molecule has 0 saturated carbocycles. The molecule has 0 bridgehead atoms. The van der Waals surface area contributed by atoms with Crippen molar-refractivity contribution in [3.05, 3.63) is 18.2 Å². The molecule has 0 N–H and O–H groups in total. The van der Waals surface area contributed by atoms with Gasteiger partial charge in [0.25, 0.3) is 0 Å². The highest BCUT2D eigenvalue weighted by Gasteiger charge is 2.09. The molecule has 0 radical (unpaired) electrons. The van der Waals surface area contributed by atoms with E-state index in [4.69, 9.17) is 4.74 Å². The van der Waals surface area contributed by atoms with Crippen molar-refractivity contribution >= 4 is 12.2 Å². The van der Waals surface area contributed by atoms with Crippen LogP contribution in [0.4, 0.5) is 5.82 Å². The summed E-state index contributed by atoms with van der Waals surface area (Å²) in [6.45, 7) is 1.75. The number of aromatic nitrogens is 1. The van der Waals surface area contributed by atoms with E-state index in [2.05, 4.69) is 9.98 Å². The van der Waals surface area contributed by atoms with Crippen LogP contribution < -0.4 is 9.64 Å². The SMILES string of the molecule is COc1cccc(N2C=NCC2)n1. The van der Waals surface area contributed by atoms with Crippen molar-refractivity contribution in [2.24, 2.45) is 4.99 Å². The van der Waals surface area contributed by atoms with Gasteiger partial charge in [-0.2, -0.15) is 4.98 Å². The van der Waals surface area contributed by atoms with E-state index in [9.17, 15) is 0 Å².